The summed E-state index contributed by atoms with van der Waals surface area (Å²) in [6.07, 6.45) is 2.12. The van der Waals surface area contributed by atoms with Gasteiger partial charge in [-0.25, -0.2) is 4.98 Å². The minimum atomic E-state index is -0.883. The normalized spacial score (nSPS) is 24.8. The van der Waals surface area contributed by atoms with Crippen LogP contribution < -0.4 is 5.32 Å². The van der Waals surface area contributed by atoms with Gasteiger partial charge in [-0.2, -0.15) is 0 Å². The maximum atomic E-state index is 12.4. The zero-order valence-electron chi connectivity index (χ0n) is 12.1. The molecular weight excluding hydrogens is 336 g/mol. The third-order valence-electron chi connectivity index (χ3n) is 4.16. The highest BCUT2D eigenvalue weighted by molar-refractivity contribution is 9.10. The van der Waals surface area contributed by atoms with Gasteiger partial charge in [-0.3, -0.25) is 9.59 Å². The van der Waals surface area contributed by atoms with Crippen LogP contribution in [0, 0.1) is 24.7 Å². The number of carbonyl (C=O) groups excluding carboxylic acids is 1. The minimum absolute atomic E-state index is 0.243. The summed E-state index contributed by atoms with van der Waals surface area (Å²) in [5.74, 6) is -1.42. The second kappa shape index (κ2) is 6.56. The Morgan fingerprint density at radius 3 is 2.62 bits per heavy atom. The number of amides is 1. The molecular formula is C15H19BrN2O3. The molecule has 1 saturated carbocycles. The number of hydrogen-bond donors (Lipinski definition) is 2. The van der Waals surface area contributed by atoms with Crippen molar-refractivity contribution in [2.75, 3.05) is 5.32 Å². The Bertz CT molecular complexity index is 562. The first-order valence-corrected chi connectivity index (χ1v) is 7.88. The lowest BCUT2D eigenvalue weighted by atomic mass is 9.95. The monoisotopic (exact) mass is 354 g/mol. The van der Waals surface area contributed by atoms with Gasteiger partial charge >= 0.3 is 5.97 Å². The van der Waals surface area contributed by atoms with Crippen molar-refractivity contribution in [1.82, 2.24) is 4.98 Å². The number of nitrogens with one attached hydrogen (secondary N) is 1. The number of nitrogens with zero attached hydrogens (tertiary/aromatic N) is 1. The summed E-state index contributed by atoms with van der Waals surface area (Å²) in [7, 11) is 0. The van der Waals surface area contributed by atoms with E-state index in [1.807, 2.05) is 19.9 Å². The number of carbonyl (C=O) groups is 2. The van der Waals surface area contributed by atoms with Crippen molar-refractivity contribution < 1.29 is 14.7 Å². The molecule has 1 amide bonds. The fourth-order valence-corrected chi connectivity index (χ4v) is 3.09. The van der Waals surface area contributed by atoms with Crippen LogP contribution in [0.1, 0.15) is 31.9 Å². The van der Waals surface area contributed by atoms with E-state index in [0.717, 1.165) is 16.6 Å². The van der Waals surface area contributed by atoms with Crippen molar-refractivity contribution in [2.24, 2.45) is 17.8 Å². The maximum Gasteiger partial charge on any atom is 0.307 e. The smallest absolute Gasteiger partial charge is 0.307 e. The zero-order chi connectivity index (χ0) is 15.6. The number of carboxylic acids is 1. The average molecular weight is 355 g/mol. The molecule has 114 valence electrons. The highest BCUT2D eigenvalue weighted by Gasteiger charge is 2.42. The molecule has 6 heteroatoms. The van der Waals surface area contributed by atoms with Gasteiger partial charge in [0.2, 0.25) is 5.91 Å². The summed E-state index contributed by atoms with van der Waals surface area (Å²) >= 11 is 3.35. The predicted molar refractivity (Wildman–Crippen MR) is 82.9 cm³/mol. The highest BCUT2D eigenvalue weighted by Crippen LogP contribution is 2.39. The molecule has 0 aliphatic heterocycles. The van der Waals surface area contributed by atoms with Gasteiger partial charge in [0.15, 0.2) is 0 Å². The lowest BCUT2D eigenvalue weighted by Crippen LogP contribution is -2.30. The Morgan fingerprint density at radius 2 is 2.05 bits per heavy atom. The number of pyridine rings is 1. The first-order chi connectivity index (χ1) is 9.92. The summed E-state index contributed by atoms with van der Waals surface area (Å²) in [4.78, 5) is 28.0. The van der Waals surface area contributed by atoms with Crippen molar-refractivity contribution in [1.29, 1.82) is 0 Å². The van der Waals surface area contributed by atoms with E-state index in [4.69, 9.17) is 0 Å². The van der Waals surface area contributed by atoms with E-state index in [1.165, 1.54) is 0 Å². The van der Waals surface area contributed by atoms with E-state index in [0.29, 0.717) is 24.6 Å². The second-order valence-electron chi connectivity index (χ2n) is 5.55. The molecule has 0 aromatic carbocycles. The van der Waals surface area contributed by atoms with E-state index in [1.54, 1.807) is 6.07 Å². The molecule has 5 nitrogen and oxygen atoms in total. The SMILES string of the molecule is CCC1C[C@H](C(=O)Nc2ccc(Br)c(C)n2)[C@H](C(=O)O)C1. The van der Waals surface area contributed by atoms with Crippen LogP contribution in [0.25, 0.3) is 0 Å². The molecule has 1 aromatic rings. The highest BCUT2D eigenvalue weighted by atomic mass is 79.9. The number of aromatic nitrogens is 1. The topological polar surface area (TPSA) is 79.3 Å². The Labute approximate surface area is 132 Å². The molecule has 2 N–H and O–H groups in total. The number of halogens is 1. The van der Waals surface area contributed by atoms with E-state index in [9.17, 15) is 14.7 Å². The summed E-state index contributed by atoms with van der Waals surface area (Å²) in [6, 6.07) is 3.52. The summed E-state index contributed by atoms with van der Waals surface area (Å²) in [5, 5.41) is 12.0. The van der Waals surface area contributed by atoms with Gasteiger partial charge in [0.1, 0.15) is 5.82 Å². The van der Waals surface area contributed by atoms with Crippen molar-refractivity contribution in [3.63, 3.8) is 0 Å². The lowest BCUT2D eigenvalue weighted by molar-refractivity contribution is -0.145. The van der Waals surface area contributed by atoms with Crippen LogP contribution in [-0.2, 0) is 9.59 Å². The fourth-order valence-electron chi connectivity index (χ4n) is 2.87. The molecule has 1 fully saturated rings. The van der Waals surface area contributed by atoms with Gasteiger partial charge in [-0.05, 0) is 53.7 Å². The molecule has 2 rings (SSSR count). The number of rotatable bonds is 4. The van der Waals surface area contributed by atoms with Crippen molar-refractivity contribution in [2.45, 2.75) is 33.1 Å². The van der Waals surface area contributed by atoms with Crippen LogP contribution in [0.4, 0.5) is 5.82 Å². The molecule has 0 saturated heterocycles. The third-order valence-corrected chi connectivity index (χ3v) is 5.00. The second-order valence-corrected chi connectivity index (χ2v) is 6.40. The van der Waals surface area contributed by atoms with E-state index < -0.39 is 17.8 Å². The standard InChI is InChI=1S/C15H19BrN2O3/c1-3-9-6-10(11(7-9)15(20)21)14(19)18-13-5-4-12(16)8(2)17-13/h4-5,9-11H,3,6-7H2,1-2H3,(H,20,21)(H,17,18,19)/t9?,10-,11+/m0/s1. The Morgan fingerprint density at radius 1 is 1.38 bits per heavy atom. The van der Waals surface area contributed by atoms with E-state index in [-0.39, 0.29) is 5.91 Å². The lowest BCUT2D eigenvalue weighted by Gasteiger charge is -2.15. The molecule has 1 aromatic heterocycles. The number of aliphatic carboxylic acids is 1. The molecule has 1 aliphatic rings. The number of anilines is 1. The van der Waals surface area contributed by atoms with Crippen molar-refractivity contribution in [3.8, 4) is 0 Å². The summed E-state index contributed by atoms with van der Waals surface area (Å²) < 4.78 is 0.871. The summed E-state index contributed by atoms with van der Waals surface area (Å²) in [6.45, 7) is 3.87. The molecule has 1 aliphatic carbocycles. The minimum Gasteiger partial charge on any atom is -0.481 e. The van der Waals surface area contributed by atoms with Crippen LogP contribution in [0.15, 0.2) is 16.6 Å². The van der Waals surface area contributed by atoms with Crippen molar-refractivity contribution in [3.05, 3.63) is 22.3 Å². The van der Waals surface area contributed by atoms with E-state index in [2.05, 4.69) is 26.2 Å². The molecule has 0 spiro atoms. The zero-order valence-corrected chi connectivity index (χ0v) is 13.7. The van der Waals surface area contributed by atoms with Gasteiger partial charge in [-0.1, -0.05) is 13.3 Å². The number of aryl methyl sites for hydroxylation is 1. The average Bonchev–Trinajstić information content (AvgIpc) is 2.87. The fraction of sp³-hybridized carbons (Fsp3) is 0.533. The summed E-state index contributed by atoms with van der Waals surface area (Å²) in [5.41, 5.74) is 0.778. The van der Waals surface area contributed by atoms with Gasteiger partial charge in [0, 0.05) is 4.47 Å². The maximum absolute atomic E-state index is 12.4. The Balaban J connectivity index is 2.11. The van der Waals surface area contributed by atoms with Crippen LogP contribution in [0.3, 0.4) is 0 Å². The molecule has 1 heterocycles. The van der Waals surface area contributed by atoms with Gasteiger partial charge < -0.3 is 10.4 Å². The van der Waals surface area contributed by atoms with E-state index >= 15 is 0 Å². The van der Waals surface area contributed by atoms with Gasteiger partial charge in [-0.15, -0.1) is 0 Å². The molecule has 1 unspecified atom stereocenters. The molecule has 0 bridgehead atoms. The first-order valence-electron chi connectivity index (χ1n) is 7.09. The van der Waals surface area contributed by atoms with Crippen LogP contribution in [0.5, 0.6) is 0 Å². The quantitative estimate of drug-likeness (QED) is 0.869. The van der Waals surface area contributed by atoms with Crippen LogP contribution in [-0.4, -0.2) is 22.0 Å². The largest absolute Gasteiger partial charge is 0.481 e. The number of carboxylic acid groups (broad SMARTS) is 1. The molecule has 3 atom stereocenters. The third kappa shape index (κ3) is 3.61. The first kappa shape index (κ1) is 15.9. The molecule has 21 heavy (non-hydrogen) atoms. The van der Waals surface area contributed by atoms with Gasteiger partial charge in [0.05, 0.1) is 17.5 Å². The molecule has 0 radical (unpaired) electrons. The van der Waals surface area contributed by atoms with Crippen molar-refractivity contribution >= 4 is 33.6 Å². The van der Waals surface area contributed by atoms with Gasteiger partial charge in [0.25, 0.3) is 0 Å². The Kier molecular flexibility index (Phi) is 4.98. The Hall–Kier alpha value is -1.43. The predicted octanol–water partition coefficient (Wildman–Crippen LogP) is 3.23. The van der Waals surface area contributed by atoms with Crippen LogP contribution >= 0.6 is 15.9 Å². The number of hydrogen-bond acceptors (Lipinski definition) is 3. The van der Waals surface area contributed by atoms with Crippen LogP contribution in [0.2, 0.25) is 0 Å².